The molecule has 0 aliphatic carbocycles. The second-order valence-electron chi connectivity index (χ2n) is 5.88. The average molecular weight is 406 g/mol. The van der Waals surface area contributed by atoms with Crippen LogP contribution in [0.15, 0.2) is 53.4 Å². The molecule has 27 heavy (non-hydrogen) atoms. The van der Waals surface area contributed by atoms with Gasteiger partial charge in [-0.15, -0.1) is 13.2 Å². The van der Waals surface area contributed by atoms with Crippen molar-refractivity contribution in [1.82, 2.24) is 9.62 Å². The van der Waals surface area contributed by atoms with Crippen LogP contribution in [-0.2, 0) is 10.0 Å². The molecule has 0 aliphatic rings. The lowest BCUT2D eigenvalue weighted by atomic mass is 10.1. The molecule has 0 saturated heterocycles. The third kappa shape index (κ3) is 5.91. The Morgan fingerprint density at radius 2 is 1.78 bits per heavy atom. The van der Waals surface area contributed by atoms with Gasteiger partial charge in [0.05, 0.1) is 0 Å². The van der Waals surface area contributed by atoms with Crippen LogP contribution < -0.4 is 9.46 Å². The number of ether oxygens (including phenoxy) is 1. The molecular formula is C17H18F4N2O3S. The molecule has 2 rings (SSSR count). The van der Waals surface area contributed by atoms with Crippen molar-refractivity contribution in [3.05, 3.63) is 59.9 Å². The number of sulfonamides is 1. The Balaban J connectivity index is 2.26. The second-order valence-corrected chi connectivity index (χ2v) is 7.62. The Bertz CT molecular complexity index is 886. The van der Waals surface area contributed by atoms with Gasteiger partial charge in [-0.3, -0.25) is 0 Å². The Morgan fingerprint density at radius 3 is 2.37 bits per heavy atom. The lowest BCUT2D eigenvalue weighted by Crippen LogP contribution is -2.35. The fourth-order valence-electron chi connectivity index (χ4n) is 2.46. The van der Waals surface area contributed by atoms with E-state index in [1.54, 1.807) is 25.1 Å². The minimum Gasteiger partial charge on any atom is -0.404 e. The normalized spacial score (nSPS) is 13.6. The summed E-state index contributed by atoms with van der Waals surface area (Å²) < 4.78 is 82.1. The van der Waals surface area contributed by atoms with Crippen LogP contribution in [0.5, 0.6) is 5.75 Å². The smallest absolute Gasteiger partial charge is 0.404 e. The van der Waals surface area contributed by atoms with Crippen molar-refractivity contribution >= 4 is 10.0 Å². The van der Waals surface area contributed by atoms with Crippen molar-refractivity contribution < 1.29 is 30.7 Å². The van der Waals surface area contributed by atoms with Crippen molar-refractivity contribution in [2.24, 2.45) is 0 Å². The van der Waals surface area contributed by atoms with Crippen LogP contribution >= 0.6 is 0 Å². The van der Waals surface area contributed by atoms with E-state index in [0.29, 0.717) is 5.56 Å². The molecule has 2 aromatic carbocycles. The number of hydrogen-bond donors (Lipinski definition) is 1. The number of para-hydroxylation sites is 1. The van der Waals surface area contributed by atoms with Gasteiger partial charge in [-0.1, -0.05) is 24.3 Å². The summed E-state index contributed by atoms with van der Waals surface area (Å²) in [6, 6.07) is 9.54. The van der Waals surface area contributed by atoms with Crippen LogP contribution in [0.1, 0.15) is 11.6 Å². The monoisotopic (exact) mass is 406 g/mol. The topological polar surface area (TPSA) is 58.6 Å². The maximum absolute atomic E-state index is 13.5. The SMILES string of the molecule is CN(C)[C@H](CNS(=O)(=O)c1ccccc1OC(F)(F)F)c1cccc(F)c1. The summed E-state index contributed by atoms with van der Waals surface area (Å²) in [4.78, 5) is 1.02. The molecule has 0 fully saturated rings. The van der Waals surface area contributed by atoms with Crippen LogP contribution in [0.25, 0.3) is 0 Å². The first-order valence-corrected chi connectivity index (χ1v) is 9.24. The Kier molecular flexibility index (Phi) is 6.45. The van der Waals surface area contributed by atoms with Gasteiger partial charge in [-0.25, -0.2) is 17.5 Å². The van der Waals surface area contributed by atoms with Crippen molar-refractivity contribution in [1.29, 1.82) is 0 Å². The minimum atomic E-state index is -5.03. The molecule has 0 saturated carbocycles. The zero-order chi connectivity index (χ0) is 20.2. The fraction of sp³-hybridized carbons (Fsp3) is 0.294. The molecule has 2 aromatic rings. The summed E-state index contributed by atoms with van der Waals surface area (Å²) in [5.41, 5.74) is 0.516. The first kappa shape index (κ1) is 21.1. The van der Waals surface area contributed by atoms with E-state index in [-0.39, 0.29) is 6.54 Å². The Hall–Kier alpha value is -2.17. The highest BCUT2D eigenvalue weighted by molar-refractivity contribution is 7.89. The number of rotatable bonds is 7. The summed E-state index contributed by atoms with van der Waals surface area (Å²) >= 11 is 0. The van der Waals surface area contributed by atoms with E-state index in [1.807, 2.05) is 0 Å². The quantitative estimate of drug-likeness (QED) is 0.717. The zero-order valence-electron chi connectivity index (χ0n) is 14.5. The van der Waals surface area contributed by atoms with Gasteiger partial charge in [-0.2, -0.15) is 0 Å². The minimum absolute atomic E-state index is 0.181. The van der Waals surface area contributed by atoms with E-state index in [9.17, 15) is 26.0 Å². The number of halogens is 4. The van der Waals surface area contributed by atoms with Crippen LogP contribution in [0, 0.1) is 5.82 Å². The zero-order valence-corrected chi connectivity index (χ0v) is 15.3. The summed E-state index contributed by atoms with van der Waals surface area (Å²) in [5, 5.41) is 0. The van der Waals surface area contributed by atoms with Gasteiger partial charge in [0.25, 0.3) is 0 Å². The van der Waals surface area contributed by atoms with E-state index in [0.717, 1.165) is 12.1 Å². The van der Waals surface area contributed by atoms with E-state index < -0.39 is 38.9 Å². The van der Waals surface area contributed by atoms with Crippen LogP contribution in [0.2, 0.25) is 0 Å². The van der Waals surface area contributed by atoms with Crippen molar-refractivity contribution in [2.45, 2.75) is 17.3 Å². The van der Waals surface area contributed by atoms with Crippen LogP contribution in [-0.4, -0.2) is 40.3 Å². The van der Waals surface area contributed by atoms with Gasteiger partial charge in [-0.05, 0) is 43.9 Å². The van der Waals surface area contributed by atoms with Gasteiger partial charge < -0.3 is 9.64 Å². The van der Waals surface area contributed by atoms with Crippen LogP contribution in [0.4, 0.5) is 17.6 Å². The summed E-state index contributed by atoms with van der Waals surface area (Å²) in [6.07, 6.45) is -5.03. The van der Waals surface area contributed by atoms with Gasteiger partial charge in [0.15, 0.2) is 0 Å². The Morgan fingerprint density at radius 1 is 1.11 bits per heavy atom. The molecule has 10 heteroatoms. The molecule has 148 valence electrons. The number of hydrogen-bond acceptors (Lipinski definition) is 4. The molecule has 1 N–H and O–H groups in total. The van der Waals surface area contributed by atoms with E-state index in [2.05, 4.69) is 9.46 Å². The number of benzene rings is 2. The fourth-order valence-corrected chi connectivity index (χ4v) is 3.63. The molecule has 5 nitrogen and oxygen atoms in total. The second kappa shape index (κ2) is 8.24. The molecule has 1 atom stereocenters. The molecule has 0 unspecified atom stereocenters. The first-order chi connectivity index (χ1) is 12.5. The van der Waals surface area contributed by atoms with E-state index in [1.165, 1.54) is 30.3 Å². The molecule has 0 bridgehead atoms. The third-order valence-electron chi connectivity index (χ3n) is 3.69. The van der Waals surface area contributed by atoms with Gasteiger partial charge in [0, 0.05) is 12.6 Å². The third-order valence-corrected chi connectivity index (χ3v) is 5.15. The van der Waals surface area contributed by atoms with Gasteiger partial charge in [0.2, 0.25) is 10.0 Å². The number of nitrogens with zero attached hydrogens (tertiary/aromatic N) is 1. The first-order valence-electron chi connectivity index (χ1n) is 7.76. The molecular weight excluding hydrogens is 388 g/mol. The van der Waals surface area contributed by atoms with Gasteiger partial charge >= 0.3 is 6.36 Å². The highest BCUT2D eigenvalue weighted by Gasteiger charge is 2.34. The summed E-state index contributed by atoms with van der Waals surface area (Å²) in [5.74, 6) is -1.31. The Labute approximate surface area is 154 Å². The molecule has 0 aromatic heterocycles. The number of nitrogens with one attached hydrogen (secondary N) is 1. The average Bonchev–Trinajstić information content (AvgIpc) is 2.53. The van der Waals surface area contributed by atoms with Gasteiger partial charge in [0.1, 0.15) is 16.5 Å². The predicted octanol–water partition coefficient (Wildman–Crippen LogP) is 3.31. The van der Waals surface area contributed by atoms with Crippen molar-refractivity contribution in [3.8, 4) is 5.75 Å². The highest BCUT2D eigenvalue weighted by atomic mass is 32.2. The lowest BCUT2D eigenvalue weighted by Gasteiger charge is -2.25. The summed E-state index contributed by atoms with van der Waals surface area (Å²) in [7, 11) is -0.963. The van der Waals surface area contributed by atoms with Crippen molar-refractivity contribution in [2.75, 3.05) is 20.6 Å². The highest BCUT2D eigenvalue weighted by Crippen LogP contribution is 2.29. The predicted molar refractivity (Wildman–Crippen MR) is 91.1 cm³/mol. The van der Waals surface area contributed by atoms with E-state index in [4.69, 9.17) is 0 Å². The largest absolute Gasteiger partial charge is 0.573 e. The maximum Gasteiger partial charge on any atom is 0.573 e. The summed E-state index contributed by atoms with van der Waals surface area (Å²) in [6.45, 7) is -0.181. The molecule has 0 radical (unpaired) electrons. The molecule has 0 heterocycles. The lowest BCUT2D eigenvalue weighted by molar-refractivity contribution is -0.275. The molecule has 0 spiro atoms. The number of likely N-dealkylation sites (N-methyl/N-ethyl adjacent to an activating group) is 1. The van der Waals surface area contributed by atoms with Crippen LogP contribution in [0.3, 0.4) is 0 Å². The molecule has 0 aliphatic heterocycles. The maximum atomic E-state index is 13.5. The van der Waals surface area contributed by atoms with Crippen molar-refractivity contribution in [3.63, 3.8) is 0 Å². The standard InChI is InChI=1S/C17H18F4N2O3S/c1-23(2)14(12-6-5-7-13(18)10-12)11-22-27(24,25)16-9-4-3-8-15(16)26-17(19,20)21/h3-10,14,22H,11H2,1-2H3/t14-/m1/s1. The molecule has 0 amide bonds. The number of alkyl halides is 3. The van der Waals surface area contributed by atoms with E-state index >= 15 is 0 Å².